The van der Waals surface area contributed by atoms with Crippen molar-refractivity contribution in [3.05, 3.63) is 47.8 Å². The number of Topliss-reactive ketones (excluding diaryl/α,β-unsaturated/α-hetero) is 1. The number of ketones is 1. The lowest BCUT2D eigenvalue weighted by Gasteiger charge is -2.36. The van der Waals surface area contributed by atoms with Gasteiger partial charge in [0.15, 0.2) is 5.78 Å². The Kier molecular flexibility index (Phi) is 4.56. The Balaban J connectivity index is 2.28. The molecule has 0 saturated carbocycles. The lowest BCUT2D eigenvalue weighted by atomic mass is 9.66. The average molecular weight is 290 g/mol. The summed E-state index contributed by atoms with van der Waals surface area (Å²) >= 11 is 0. The standard InChI is InChI=1S/C17H19FO3/c1-2-9-17(10-4-7-15(19)20)11-8-12-13(16(17)21)5-3-6-14(12)18/h2-3,5-6H,1,4,7-11H2,(H,19,20). The minimum Gasteiger partial charge on any atom is -0.481 e. The maximum atomic E-state index is 13.8. The quantitative estimate of drug-likeness (QED) is 0.811. The van der Waals surface area contributed by atoms with Crippen LogP contribution in [0.5, 0.6) is 0 Å². The molecule has 1 aromatic rings. The van der Waals surface area contributed by atoms with E-state index in [4.69, 9.17) is 5.11 Å². The van der Waals surface area contributed by atoms with Gasteiger partial charge in [0.1, 0.15) is 5.82 Å². The highest BCUT2D eigenvalue weighted by Crippen LogP contribution is 2.43. The highest BCUT2D eigenvalue weighted by atomic mass is 19.1. The average Bonchev–Trinajstić information content (AvgIpc) is 2.43. The van der Waals surface area contributed by atoms with Crippen molar-refractivity contribution in [2.75, 3.05) is 0 Å². The third-order valence-corrected chi connectivity index (χ3v) is 4.28. The number of allylic oxidation sites excluding steroid dienone is 1. The van der Waals surface area contributed by atoms with Gasteiger partial charge in [0.05, 0.1) is 0 Å². The summed E-state index contributed by atoms with van der Waals surface area (Å²) in [5.74, 6) is -1.27. The van der Waals surface area contributed by atoms with Crippen LogP contribution in [0, 0.1) is 11.2 Å². The van der Waals surface area contributed by atoms with Crippen molar-refractivity contribution in [3.63, 3.8) is 0 Å². The Morgan fingerprint density at radius 3 is 2.90 bits per heavy atom. The van der Waals surface area contributed by atoms with Gasteiger partial charge in [0.25, 0.3) is 0 Å². The number of carboxylic acid groups (broad SMARTS) is 1. The summed E-state index contributed by atoms with van der Waals surface area (Å²) in [4.78, 5) is 23.5. The van der Waals surface area contributed by atoms with Crippen molar-refractivity contribution >= 4 is 11.8 Å². The second-order valence-corrected chi connectivity index (χ2v) is 5.62. The lowest BCUT2D eigenvalue weighted by molar-refractivity contribution is -0.137. The molecular weight excluding hydrogens is 271 g/mol. The van der Waals surface area contributed by atoms with E-state index in [1.54, 1.807) is 18.2 Å². The number of carbonyl (C=O) groups is 2. The molecular formula is C17H19FO3. The Hall–Kier alpha value is -1.97. The number of hydrogen-bond acceptors (Lipinski definition) is 2. The normalized spacial score (nSPS) is 20.9. The molecule has 0 heterocycles. The SMILES string of the molecule is C=CCC1(CCCC(=O)O)CCc2c(F)cccc2C1=O. The molecule has 112 valence electrons. The first-order valence-corrected chi connectivity index (χ1v) is 7.15. The fraction of sp³-hybridized carbons (Fsp3) is 0.412. The van der Waals surface area contributed by atoms with Crippen LogP contribution >= 0.6 is 0 Å². The zero-order chi connectivity index (χ0) is 15.5. The molecule has 0 spiro atoms. The van der Waals surface area contributed by atoms with Crippen molar-refractivity contribution in [1.82, 2.24) is 0 Å². The highest BCUT2D eigenvalue weighted by molar-refractivity contribution is 6.03. The van der Waals surface area contributed by atoms with Crippen molar-refractivity contribution in [2.45, 2.75) is 38.5 Å². The molecule has 4 heteroatoms. The van der Waals surface area contributed by atoms with E-state index in [0.29, 0.717) is 43.2 Å². The molecule has 0 aromatic heterocycles. The summed E-state index contributed by atoms with van der Waals surface area (Å²) in [6.07, 6.45) is 4.24. The molecule has 0 aliphatic heterocycles. The summed E-state index contributed by atoms with van der Waals surface area (Å²) < 4.78 is 13.8. The topological polar surface area (TPSA) is 54.4 Å². The Morgan fingerprint density at radius 2 is 2.24 bits per heavy atom. The van der Waals surface area contributed by atoms with Crippen LogP contribution in [0.15, 0.2) is 30.9 Å². The van der Waals surface area contributed by atoms with Crippen molar-refractivity contribution in [3.8, 4) is 0 Å². The molecule has 0 bridgehead atoms. The molecule has 0 radical (unpaired) electrons. The number of carboxylic acids is 1. The number of hydrogen-bond donors (Lipinski definition) is 1. The lowest BCUT2D eigenvalue weighted by Crippen LogP contribution is -2.36. The van der Waals surface area contributed by atoms with Crippen molar-refractivity contribution in [2.24, 2.45) is 5.41 Å². The second kappa shape index (κ2) is 6.20. The van der Waals surface area contributed by atoms with Gasteiger partial charge in [0, 0.05) is 17.4 Å². The van der Waals surface area contributed by atoms with Gasteiger partial charge in [-0.05, 0) is 43.7 Å². The van der Waals surface area contributed by atoms with Gasteiger partial charge in [-0.25, -0.2) is 4.39 Å². The molecule has 1 aliphatic carbocycles. The molecule has 1 aliphatic rings. The summed E-state index contributed by atoms with van der Waals surface area (Å²) in [5.41, 5.74) is 0.302. The van der Waals surface area contributed by atoms with Crippen LogP contribution < -0.4 is 0 Å². The maximum Gasteiger partial charge on any atom is 0.303 e. The van der Waals surface area contributed by atoms with E-state index >= 15 is 0 Å². The smallest absolute Gasteiger partial charge is 0.303 e. The Morgan fingerprint density at radius 1 is 1.48 bits per heavy atom. The second-order valence-electron chi connectivity index (χ2n) is 5.62. The number of aliphatic carboxylic acids is 1. The van der Waals surface area contributed by atoms with Crippen LogP contribution in [0.2, 0.25) is 0 Å². The molecule has 1 unspecified atom stereocenters. The minimum atomic E-state index is -0.863. The molecule has 1 atom stereocenters. The zero-order valence-corrected chi connectivity index (χ0v) is 11.9. The Labute approximate surface area is 123 Å². The number of rotatable bonds is 6. The van der Waals surface area contributed by atoms with Gasteiger partial charge < -0.3 is 5.11 Å². The molecule has 3 nitrogen and oxygen atoms in total. The predicted octanol–water partition coefficient (Wildman–Crippen LogP) is 3.77. The summed E-state index contributed by atoms with van der Waals surface area (Å²) in [5, 5.41) is 8.76. The van der Waals surface area contributed by atoms with E-state index in [1.807, 2.05) is 0 Å². The van der Waals surface area contributed by atoms with Crippen LogP contribution in [0.1, 0.15) is 48.0 Å². The van der Waals surface area contributed by atoms with Crippen molar-refractivity contribution in [1.29, 1.82) is 0 Å². The van der Waals surface area contributed by atoms with Gasteiger partial charge in [-0.2, -0.15) is 0 Å². The monoisotopic (exact) mass is 290 g/mol. The first-order chi connectivity index (χ1) is 10.00. The van der Waals surface area contributed by atoms with Crippen LogP contribution in [0.4, 0.5) is 4.39 Å². The summed E-state index contributed by atoms with van der Waals surface area (Å²) in [6, 6.07) is 4.58. The zero-order valence-electron chi connectivity index (χ0n) is 11.9. The number of halogens is 1. The maximum absolute atomic E-state index is 13.8. The van der Waals surface area contributed by atoms with Gasteiger partial charge in [-0.3, -0.25) is 9.59 Å². The highest BCUT2D eigenvalue weighted by Gasteiger charge is 2.41. The predicted molar refractivity (Wildman–Crippen MR) is 77.8 cm³/mol. The summed E-state index contributed by atoms with van der Waals surface area (Å²) in [6.45, 7) is 3.71. The molecule has 21 heavy (non-hydrogen) atoms. The third kappa shape index (κ3) is 3.04. The van der Waals surface area contributed by atoms with Crippen molar-refractivity contribution < 1.29 is 19.1 Å². The van der Waals surface area contributed by atoms with Crippen LogP contribution in [0.25, 0.3) is 0 Å². The van der Waals surface area contributed by atoms with E-state index < -0.39 is 11.4 Å². The van der Waals surface area contributed by atoms with E-state index in [9.17, 15) is 14.0 Å². The number of carbonyl (C=O) groups excluding carboxylic acids is 1. The largest absolute Gasteiger partial charge is 0.481 e. The van der Waals surface area contributed by atoms with Gasteiger partial charge >= 0.3 is 5.97 Å². The van der Waals surface area contributed by atoms with E-state index in [0.717, 1.165) is 0 Å². The van der Waals surface area contributed by atoms with Gasteiger partial charge in [-0.15, -0.1) is 6.58 Å². The number of benzene rings is 1. The molecule has 1 aromatic carbocycles. The molecule has 0 fully saturated rings. The molecule has 0 amide bonds. The van der Waals surface area contributed by atoms with Crippen LogP contribution in [-0.2, 0) is 11.2 Å². The van der Waals surface area contributed by atoms with Gasteiger partial charge in [-0.1, -0.05) is 18.2 Å². The first-order valence-electron chi connectivity index (χ1n) is 7.15. The minimum absolute atomic E-state index is 0.0438. The van der Waals surface area contributed by atoms with Gasteiger partial charge in [0.2, 0.25) is 0 Å². The van der Waals surface area contributed by atoms with E-state index in [-0.39, 0.29) is 18.0 Å². The Bertz CT molecular complexity index is 579. The number of fused-ring (bicyclic) bond motifs is 1. The first kappa shape index (κ1) is 15.4. The van der Waals surface area contributed by atoms with E-state index in [1.165, 1.54) is 6.07 Å². The summed E-state index contributed by atoms with van der Waals surface area (Å²) in [7, 11) is 0. The molecule has 1 N–H and O–H groups in total. The molecule has 2 rings (SSSR count). The van der Waals surface area contributed by atoms with Crippen LogP contribution in [-0.4, -0.2) is 16.9 Å². The van der Waals surface area contributed by atoms with Crippen LogP contribution in [0.3, 0.4) is 0 Å². The third-order valence-electron chi connectivity index (χ3n) is 4.28. The molecule has 0 saturated heterocycles. The fourth-order valence-corrected chi connectivity index (χ4v) is 3.18. The fourth-order valence-electron chi connectivity index (χ4n) is 3.18. The van der Waals surface area contributed by atoms with E-state index in [2.05, 4.69) is 6.58 Å².